The Kier molecular flexibility index (Phi) is 3.48. The van der Waals surface area contributed by atoms with Crippen LogP contribution in [-0.4, -0.2) is 6.54 Å². The number of rotatable bonds is 2. The van der Waals surface area contributed by atoms with Crippen LogP contribution in [0.1, 0.15) is 29.5 Å². The molecule has 0 saturated carbocycles. The first kappa shape index (κ1) is 12.6. The molecule has 0 aromatic heterocycles. The zero-order valence-corrected chi connectivity index (χ0v) is 11.9. The van der Waals surface area contributed by atoms with E-state index >= 15 is 0 Å². The highest BCUT2D eigenvalue weighted by Gasteiger charge is 2.19. The molecule has 2 aromatic carbocycles. The maximum absolute atomic E-state index is 5.96. The second-order valence-electron chi connectivity index (χ2n) is 5.18. The second kappa shape index (κ2) is 5.26. The van der Waals surface area contributed by atoms with Crippen molar-refractivity contribution in [2.45, 2.75) is 25.7 Å². The number of aryl methyl sites for hydroxylation is 1. The third-order valence-electron chi connectivity index (χ3n) is 3.92. The van der Waals surface area contributed by atoms with E-state index in [1.165, 1.54) is 22.4 Å². The molecule has 0 fully saturated rings. The first-order chi connectivity index (χ1) is 9.26. The molecule has 1 nitrogen and oxygen atoms in total. The largest absolute Gasteiger partial charge is 0.384 e. The number of benzene rings is 2. The van der Waals surface area contributed by atoms with Gasteiger partial charge in [-0.05, 0) is 47.7 Å². The molecule has 19 heavy (non-hydrogen) atoms. The lowest BCUT2D eigenvalue weighted by Crippen LogP contribution is -2.21. The fourth-order valence-corrected chi connectivity index (χ4v) is 2.88. The Labute approximate surface area is 119 Å². The Hall–Kier alpha value is -1.47. The van der Waals surface area contributed by atoms with E-state index in [4.69, 9.17) is 11.6 Å². The number of anilines is 1. The van der Waals surface area contributed by atoms with Crippen LogP contribution < -0.4 is 5.32 Å². The molecule has 0 aliphatic carbocycles. The highest BCUT2D eigenvalue weighted by Crippen LogP contribution is 2.31. The van der Waals surface area contributed by atoms with Crippen molar-refractivity contribution in [1.82, 2.24) is 0 Å². The monoisotopic (exact) mass is 271 g/mol. The summed E-state index contributed by atoms with van der Waals surface area (Å²) >= 11 is 5.96. The molecule has 0 bridgehead atoms. The van der Waals surface area contributed by atoms with Gasteiger partial charge >= 0.3 is 0 Å². The van der Waals surface area contributed by atoms with Crippen molar-refractivity contribution in [3.8, 4) is 0 Å². The van der Waals surface area contributed by atoms with Crippen LogP contribution in [0.25, 0.3) is 0 Å². The average Bonchev–Trinajstić information content (AvgIpc) is 2.47. The summed E-state index contributed by atoms with van der Waals surface area (Å²) in [5, 5.41) is 4.35. The summed E-state index contributed by atoms with van der Waals surface area (Å²) in [6, 6.07) is 15.0. The smallest absolute Gasteiger partial charge is 0.0406 e. The molecule has 1 aliphatic heterocycles. The summed E-state index contributed by atoms with van der Waals surface area (Å²) < 4.78 is 0. The number of fused-ring (bicyclic) bond motifs is 1. The summed E-state index contributed by atoms with van der Waals surface area (Å²) in [4.78, 5) is 0. The number of hydrogen-bond donors (Lipinski definition) is 1. The van der Waals surface area contributed by atoms with Gasteiger partial charge in [0.2, 0.25) is 0 Å². The van der Waals surface area contributed by atoms with E-state index in [1.807, 2.05) is 12.1 Å². The van der Waals surface area contributed by atoms with Gasteiger partial charge in [-0.2, -0.15) is 0 Å². The topological polar surface area (TPSA) is 12.0 Å². The lowest BCUT2D eigenvalue weighted by atomic mass is 9.87. The van der Waals surface area contributed by atoms with Gasteiger partial charge in [0.15, 0.2) is 0 Å². The summed E-state index contributed by atoms with van der Waals surface area (Å²) in [5.41, 5.74) is 5.51. The SMILES string of the molecule is CCc1ccc2c(c1)CC(c1ccc(Cl)cc1)CN2. The van der Waals surface area contributed by atoms with Gasteiger partial charge in [0.1, 0.15) is 0 Å². The van der Waals surface area contributed by atoms with Crippen LogP contribution in [0.5, 0.6) is 0 Å². The highest BCUT2D eigenvalue weighted by molar-refractivity contribution is 6.30. The standard InChI is InChI=1S/C17H18ClN/c1-2-12-3-8-17-14(9-12)10-15(11-19-17)13-4-6-16(18)7-5-13/h3-9,15,19H,2,10-11H2,1H3. The molecule has 2 aromatic rings. The van der Waals surface area contributed by atoms with E-state index in [0.717, 1.165) is 24.4 Å². The predicted molar refractivity (Wildman–Crippen MR) is 82.2 cm³/mol. The Bertz CT molecular complexity index is 574. The summed E-state index contributed by atoms with van der Waals surface area (Å²) in [5.74, 6) is 0.539. The molecule has 1 unspecified atom stereocenters. The molecule has 1 atom stereocenters. The van der Waals surface area contributed by atoms with E-state index in [9.17, 15) is 0 Å². The van der Waals surface area contributed by atoms with E-state index in [1.54, 1.807) is 0 Å². The predicted octanol–water partition coefficient (Wildman–Crippen LogP) is 4.65. The third-order valence-corrected chi connectivity index (χ3v) is 4.18. The minimum Gasteiger partial charge on any atom is -0.384 e. The van der Waals surface area contributed by atoms with Gasteiger partial charge < -0.3 is 5.32 Å². The van der Waals surface area contributed by atoms with Gasteiger partial charge in [0, 0.05) is 23.2 Å². The average molecular weight is 272 g/mol. The van der Waals surface area contributed by atoms with Crippen LogP contribution >= 0.6 is 11.6 Å². The molecule has 0 amide bonds. The Morgan fingerprint density at radius 2 is 1.95 bits per heavy atom. The normalized spacial score (nSPS) is 17.7. The van der Waals surface area contributed by atoms with Gasteiger partial charge in [-0.3, -0.25) is 0 Å². The molecule has 1 N–H and O–H groups in total. The maximum atomic E-state index is 5.96. The fraction of sp³-hybridized carbons (Fsp3) is 0.294. The molecule has 0 spiro atoms. The van der Waals surface area contributed by atoms with Gasteiger partial charge in [-0.15, -0.1) is 0 Å². The third kappa shape index (κ3) is 2.62. The van der Waals surface area contributed by atoms with Crippen molar-refractivity contribution >= 4 is 17.3 Å². The van der Waals surface area contributed by atoms with Crippen LogP contribution in [0.2, 0.25) is 5.02 Å². The molecular formula is C17H18ClN. The van der Waals surface area contributed by atoms with Crippen molar-refractivity contribution in [2.24, 2.45) is 0 Å². The Morgan fingerprint density at radius 1 is 1.16 bits per heavy atom. The molecule has 0 saturated heterocycles. The van der Waals surface area contributed by atoms with Gasteiger partial charge in [-0.1, -0.05) is 42.8 Å². The first-order valence-electron chi connectivity index (χ1n) is 6.87. The van der Waals surface area contributed by atoms with Crippen molar-refractivity contribution in [3.05, 3.63) is 64.2 Å². The van der Waals surface area contributed by atoms with Crippen molar-refractivity contribution in [3.63, 3.8) is 0 Å². The van der Waals surface area contributed by atoms with Crippen molar-refractivity contribution < 1.29 is 0 Å². The zero-order valence-electron chi connectivity index (χ0n) is 11.1. The molecule has 98 valence electrons. The fourth-order valence-electron chi connectivity index (χ4n) is 2.75. The summed E-state index contributed by atoms with van der Waals surface area (Å²) in [7, 11) is 0. The molecule has 1 heterocycles. The lowest BCUT2D eigenvalue weighted by Gasteiger charge is -2.27. The quantitative estimate of drug-likeness (QED) is 0.838. The lowest BCUT2D eigenvalue weighted by molar-refractivity contribution is 0.694. The van der Waals surface area contributed by atoms with E-state index in [0.29, 0.717) is 5.92 Å². The summed E-state index contributed by atoms with van der Waals surface area (Å²) in [6.07, 6.45) is 2.21. The van der Waals surface area contributed by atoms with Gasteiger partial charge in [-0.25, -0.2) is 0 Å². The number of hydrogen-bond acceptors (Lipinski definition) is 1. The van der Waals surface area contributed by atoms with E-state index in [-0.39, 0.29) is 0 Å². The van der Waals surface area contributed by atoms with Crippen LogP contribution in [0.3, 0.4) is 0 Å². The molecule has 0 radical (unpaired) electrons. The number of halogens is 1. The Morgan fingerprint density at radius 3 is 2.68 bits per heavy atom. The zero-order chi connectivity index (χ0) is 13.2. The van der Waals surface area contributed by atoms with Crippen LogP contribution in [0, 0.1) is 0 Å². The second-order valence-corrected chi connectivity index (χ2v) is 5.61. The molecule has 2 heteroatoms. The van der Waals surface area contributed by atoms with Gasteiger partial charge in [0.05, 0.1) is 0 Å². The Balaban J connectivity index is 1.86. The highest BCUT2D eigenvalue weighted by atomic mass is 35.5. The minimum atomic E-state index is 0.539. The van der Waals surface area contributed by atoms with Crippen molar-refractivity contribution in [2.75, 3.05) is 11.9 Å². The van der Waals surface area contributed by atoms with E-state index < -0.39 is 0 Å². The molecule has 1 aliphatic rings. The van der Waals surface area contributed by atoms with E-state index in [2.05, 4.69) is 42.6 Å². The van der Waals surface area contributed by atoms with Crippen LogP contribution in [0.15, 0.2) is 42.5 Å². The summed E-state index contributed by atoms with van der Waals surface area (Å²) in [6.45, 7) is 3.20. The maximum Gasteiger partial charge on any atom is 0.0406 e. The number of nitrogens with one attached hydrogen (secondary N) is 1. The van der Waals surface area contributed by atoms with Gasteiger partial charge in [0.25, 0.3) is 0 Å². The van der Waals surface area contributed by atoms with Crippen molar-refractivity contribution in [1.29, 1.82) is 0 Å². The molecule has 3 rings (SSSR count). The first-order valence-corrected chi connectivity index (χ1v) is 7.25. The van der Waals surface area contributed by atoms with Crippen LogP contribution in [0.4, 0.5) is 5.69 Å². The van der Waals surface area contributed by atoms with Crippen LogP contribution in [-0.2, 0) is 12.8 Å². The molecular weight excluding hydrogens is 254 g/mol. The minimum absolute atomic E-state index is 0.539.